The predicted molar refractivity (Wildman–Crippen MR) is 58.8 cm³/mol. The van der Waals surface area contributed by atoms with E-state index in [1.54, 1.807) is 11.3 Å². The molecule has 1 aromatic rings. The Balaban J connectivity index is 2.56. The fourth-order valence-corrected chi connectivity index (χ4v) is 1.64. The number of nitrogens with zero attached hydrogens (tertiary/aromatic N) is 1. The summed E-state index contributed by atoms with van der Waals surface area (Å²) in [5.74, 6) is 2.66. The lowest BCUT2D eigenvalue weighted by atomic mass is 10.1. The summed E-state index contributed by atoms with van der Waals surface area (Å²) >= 11 is 1.57. The standard InChI is InChI=1S/C11H12N2S/c1-4-11(2,3)13-7-10-5-9(6-12)8-14-10/h1,5,8,13H,7H2,2-3H3. The predicted octanol–water partition coefficient (Wildman–Crippen LogP) is 2.12. The van der Waals surface area contributed by atoms with E-state index in [2.05, 4.69) is 17.3 Å². The molecule has 0 spiro atoms. The maximum Gasteiger partial charge on any atom is 0.100 e. The van der Waals surface area contributed by atoms with Crippen LogP contribution in [0.25, 0.3) is 0 Å². The van der Waals surface area contributed by atoms with Gasteiger partial charge in [0.2, 0.25) is 0 Å². The first-order chi connectivity index (χ1) is 6.57. The Kier molecular flexibility index (Phi) is 3.30. The molecule has 0 bridgehead atoms. The molecule has 1 rings (SSSR count). The van der Waals surface area contributed by atoms with Crippen LogP contribution in [0.2, 0.25) is 0 Å². The number of nitrogens with one attached hydrogen (secondary N) is 1. The van der Waals surface area contributed by atoms with Gasteiger partial charge in [0.05, 0.1) is 11.1 Å². The quantitative estimate of drug-likeness (QED) is 0.765. The molecule has 3 heteroatoms. The Morgan fingerprint density at radius 2 is 2.36 bits per heavy atom. The van der Waals surface area contributed by atoms with Crippen molar-refractivity contribution in [1.82, 2.24) is 5.32 Å². The second kappa shape index (κ2) is 4.28. The third-order valence-corrected chi connectivity index (χ3v) is 2.78. The summed E-state index contributed by atoms with van der Waals surface area (Å²) < 4.78 is 0. The SMILES string of the molecule is C#CC(C)(C)NCc1cc(C#N)cs1. The molecule has 1 heterocycles. The number of rotatable bonds is 3. The third-order valence-electron chi connectivity index (χ3n) is 1.85. The summed E-state index contributed by atoms with van der Waals surface area (Å²) in [6.07, 6.45) is 5.34. The van der Waals surface area contributed by atoms with Crippen molar-refractivity contribution in [2.24, 2.45) is 0 Å². The first kappa shape index (κ1) is 10.8. The minimum absolute atomic E-state index is 0.295. The highest BCUT2D eigenvalue weighted by atomic mass is 32.1. The van der Waals surface area contributed by atoms with Crippen molar-refractivity contribution >= 4 is 11.3 Å². The van der Waals surface area contributed by atoms with Crippen LogP contribution in [0.5, 0.6) is 0 Å². The summed E-state index contributed by atoms with van der Waals surface area (Å²) in [7, 11) is 0. The zero-order chi connectivity index (χ0) is 10.6. The van der Waals surface area contributed by atoms with Crippen molar-refractivity contribution in [3.05, 3.63) is 21.9 Å². The highest BCUT2D eigenvalue weighted by Crippen LogP contribution is 2.14. The van der Waals surface area contributed by atoms with Crippen molar-refractivity contribution in [2.75, 3.05) is 0 Å². The average Bonchev–Trinajstić information content (AvgIpc) is 2.63. The van der Waals surface area contributed by atoms with Crippen molar-refractivity contribution in [2.45, 2.75) is 25.9 Å². The van der Waals surface area contributed by atoms with E-state index in [1.807, 2.05) is 25.3 Å². The molecule has 0 fully saturated rings. The van der Waals surface area contributed by atoms with Gasteiger partial charge < -0.3 is 0 Å². The lowest BCUT2D eigenvalue weighted by molar-refractivity contribution is 0.494. The van der Waals surface area contributed by atoms with Gasteiger partial charge in [-0.05, 0) is 19.9 Å². The molecule has 1 aromatic heterocycles. The van der Waals surface area contributed by atoms with Gasteiger partial charge in [0, 0.05) is 16.8 Å². The Hall–Kier alpha value is -1.29. The number of thiophene rings is 1. The van der Waals surface area contributed by atoms with E-state index in [-0.39, 0.29) is 5.54 Å². The van der Waals surface area contributed by atoms with Crippen molar-refractivity contribution in [3.63, 3.8) is 0 Å². The molecule has 0 aliphatic heterocycles. The van der Waals surface area contributed by atoms with Gasteiger partial charge in [0.15, 0.2) is 0 Å². The van der Waals surface area contributed by atoms with E-state index < -0.39 is 0 Å². The molecular formula is C11H12N2S. The Morgan fingerprint density at radius 1 is 1.64 bits per heavy atom. The molecule has 0 radical (unpaired) electrons. The second-order valence-corrected chi connectivity index (χ2v) is 4.53. The van der Waals surface area contributed by atoms with Gasteiger partial charge in [0.1, 0.15) is 6.07 Å². The second-order valence-electron chi connectivity index (χ2n) is 3.54. The molecular weight excluding hydrogens is 192 g/mol. The molecule has 72 valence electrons. The molecule has 0 saturated heterocycles. The monoisotopic (exact) mass is 204 g/mol. The highest BCUT2D eigenvalue weighted by molar-refractivity contribution is 7.10. The molecule has 0 unspecified atom stereocenters. The van der Waals surface area contributed by atoms with Crippen LogP contribution < -0.4 is 5.32 Å². The molecule has 0 aliphatic rings. The first-order valence-corrected chi connectivity index (χ1v) is 5.15. The molecule has 2 nitrogen and oxygen atoms in total. The Bertz CT molecular complexity index is 390. The van der Waals surface area contributed by atoms with Gasteiger partial charge in [-0.15, -0.1) is 17.8 Å². The van der Waals surface area contributed by atoms with E-state index in [1.165, 1.54) is 0 Å². The van der Waals surface area contributed by atoms with E-state index in [0.717, 1.165) is 4.88 Å². The Labute approximate surface area is 88.6 Å². The van der Waals surface area contributed by atoms with Crippen molar-refractivity contribution in [3.8, 4) is 18.4 Å². The zero-order valence-electron chi connectivity index (χ0n) is 8.29. The maximum absolute atomic E-state index is 8.63. The minimum Gasteiger partial charge on any atom is -0.297 e. The van der Waals surface area contributed by atoms with Crippen LogP contribution in [0, 0.1) is 23.7 Å². The molecule has 0 saturated carbocycles. The lowest BCUT2D eigenvalue weighted by Gasteiger charge is -2.18. The van der Waals surface area contributed by atoms with E-state index in [4.69, 9.17) is 11.7 Å². The lowest BCUT2D eigenvalue weighted by Crippen LogP contribution is -2.36. The summed E-state index contributed by atoms with van der Waals surface area (Å²) in [5, 5.41) is 13.7. The van der Waals surface area contributed by atoms with Gasteiger partial charge in [-0.3, -0.25) is 5.32 Å². The molecule has 0 atom stereocenters. The maximum atomic E-state index is 8.63. The zero-order valence-corrected chi connectivity index (χ0v) is 9.11. The van der Waals surface area contributed by atoms with Crippen LogP contribution >= 0.6 is 11.3 Å². The summed E-state index contributed by atoms with van der Waals surface area (Å²) in [6, 6.07) is 3.98. The fourth-order valence-electron chi connectivity index (χ4n) is 0.891. The van der Waals surface area contributed by atoms with E-state index in [9.17, 15) is 0 Å². The van der Waals surface area contributed by atoms with Gasteiger partial charge in [-0.1, -0.05) is 5.92 Å². The molecule has 0 amide bonds. The molecule has 0 aliphatic carbocycles. The largest absolute Gasteiger partial charge is 0.297 e. The third kappa shape index (κ3) is 2.88. The van der Waals surface area contributed by atoms with Crippen LogP contribution in [-0.4, -0.2) is 5.54 Å². The number of hydrogen-bond acceptors (Lipinski definition) is 3. The number of nitriles is 1. The van der Waals surface area contributed by atoms with E-state index in [0.29, 0.717) is 12.1 Å². The van der Waals surface area contributed by atoms with Gasteiger partial charge in [0.25, 0.3) is 0 Å². The first-order valence-electron chi connectivity index (χ1n) is 4.28. The van der Waals surface area contributed by atoms with Crippen LogP contribution in [0.3, 0.4) is 0 Å². The van der Waals surface area contributed by atoms with Crippen molar-refractivity contribution in [1.29, 1.82) is 5.26 Å². The molecule has 1 N–H and O–H groups in total. The molecule has 0 aromatic carbocycles. The van der Waals surface area contributed by atoms with Gasteiger partial charge in [-0.2, -0.15) is 5.26 Å². The summed E-state index contributed by atoms with van der Waals surface area (Å²) in [4.78, 5) is 1.13. The minimum atomic E-state index is -0.295. The highest BCUT2D eigenvalue weighted by Gasteiger charge is 2.12. The van der Waals surface area contributed by atoms with E-state index >= 15 is 0 Å². The number of hydrogen-bond donors (Lipinski definition) is 1. The van der Waals surface area contributed by atoms with Gasteiger partial charge in [-0.25, -0.2) is 0 Å². The Morgan fingerprint density at radius 3 is 2.86 bits per heavy atom. The average molecular weight is 204 g/mol. The van der Waals surface area contributed by atoms with Crippen LogP contribution in [0.4, 0.5) is 0 Å². The number of terminal acetylenes is 1. The summed E-state index contributed by atoms with van der Waals surface area (Å²) in [6.45, 7) is 4.61. The van der Waals surface area contributed by atoms with Crippen LogP contribution in [0.15, 0.2) is 11.4 Å². The smallest absolute Gasteiger partial charge is 0.100 e. The summed E-state index contributed by atoms with van der Waals surface area (Å²) in [5.41, 5.74) is 0.418. The topological polar surface area (TPSA) is 35.8 Å². The van der Waals surface area contributed by atoms with Gasteiger partial charge >= 0.3 is 0 Å². The van der Waals surface area contributed by atoms with Crippen LogP contribution in [0.1, 0.15) is 24.3 Å². The van der Waals surface area contributed by atoms with Crippen molar-refractivity contribution < 1.29 is 0 Å². The normalized spacial score (nSPS) is 10.6. The van der Waals surface area contributed by atoms with Crippen LogP contribution in [-0.2, 0) is 6.54 Å². The fraction of sp³-hybridized carbons (Fsp3) is 0.364. The molecule has 14 heavy (non-hydrogen) atoms.